The van der Waals surface area contributed by atoms with Gasteiger partial charge >= 0.3 is 0 Å². The molecule has 1 aliphatic carbocycles. The van der Waals surface area contributed by atoms with Crippen LogP contribution in [0.5, 0.6) is 0 Å². The van der Waals surface area contributed by atoms with Crippen LogP contribution in [0.4, 0.5) is 5.69 Å². The summed E-state index contributed by atoms with van der Waals surface area (Å²) in [5.41, 5.74) is 1.95. The number of rotatable bonds is 4. The van der Waals surface area contributed by atoms with Crippen molar-refractivity contribution in [1.82, 2.24) is 5.32 Å². The van der Waals surface area contributed by atoms with E-state index in [-0.39, 0.29) is 11.8 Å². The molecule has 2 amide bonds. The first kappa shape index (κ1) is 15.3. The number of carbonyl (C=O) groups is 2. The van der Waals surface area contributed by atoms with Crippen molar-refractivity contribution in [3.8, 4) is 0 Å². The van der Waals surface area contributed by atoms with E-state index in [1.54, 1.807) is 31.3 Å². The Bertz CT molecular complexity index is 704. The summed E-state index contributed by atoms with van der Waals surface area (Å²) in [6, 6.07) is 16.9. The highest BCUT2D eigenvalue weighted by atomic mass is 16.2. The van der Waals surface area contributed by atoms with E-state index in [0.717, 1.165) is 24.8 Å². The molecule has 1 saturated carbocycles. The van der Waals surface area contributed by atoms with Gasteiger partial charge in [-0.15, -0.1) is 0 Å². The van der Waals surface area contributed by atoms with Gasteiger partial charge in [-0.3, -0.25) is 9.59 Å². The van der Waals surface area contributed by atoms with Crippen molar-refractivity contribution in [2.24, 2.45) is 0 Å². The van der Waals surface area contributed by atoms with Gasteiger partial charge in [-0.2, -0.15) is 0 Å². The van der Waals surface area contributed by atoms with Crippen molar-refractivity contribution >= 4 is 17.5 Å². The van der Waals surface area contributed by atoms with Crippen LogP contribution in [0, 0.1) is 0 Å². The quantitative estimate of drug-likeness (QED) is 0.912. The van der Waals surface area contributed by atoms with Crippen LogP contribution >= 0.6 is 0 Å². The summed E-state index contributed by atoms with van der Waals surface area (Å²) in [5.74, 6) is -0.106. The van der Waals surface area contributed by atoms with Crippen LogP contribution in [0.1, 0.15) is 35.2 Å². The van der Waals surface area contributed by atoms with E-state index < -0.39 is 5.41 Å². The number of nitrogens with one attached hydrogen (secondary N) is 2. The lowest BCUT2D eigenvalue weighted by atomic mass is 9.64. The predicted octanol–water partition coefficient (Wildman–Crippen LogP) is 3.11. The van der Waals surface area contributed by atoms with Gasteiger partial charge in [0.1, 0.15) is 0 Å². The Morgan fingerprint density at radius 1 is 0.957 bits per heavy atom. The van der Waals surface area contributed by atoms with Crippen LogP contribution in [-0.2, 0) is 10.2 Å². The van der Waals surface area contributed by atoms with Gasteiger partial charge in [0.25, 0.3) is 5.91 Å². The van der Waals surface area contributed by atoms with Crippen LogP contribution < -0.4 is 10.6 Å². The maximum Gasteiger partial charge on any atom is 0.251 e. The molecule has 118 valence electrons. The Morgan fingerprint density at radius 3 is 2.13 bits per heavy atom. The summed E-state index contributed by atoms with van der Waals surface area (Å²) in [4.78, 5) is 24.3. The van der Waals surface area contributed by atoms with Crippen LogP contribution in [0.3, 0.4) is 0 Å². The number of benzene rings is 2. The summed E-state index contributed by atoms with van der Waals surface area (Å²) in [6.45, 7) is 0. The number of amides is 2. The van der Waals surface area contributed by atoms with Gasteiger partial charge in [0.15, 0.2) is 0 Å². The average molecular weight is 308 g/mol. The van der Waals surface area contributed by atoms with Crippen LogP contribution in [0.2, 0.25) is 0 Å². The summed E-state index contributed by atoms with van der Waals surface area (Å²) in [6.07, 6.45) is 2.82. The van der Waals surface area contributed by atoms with E-state index in [9.17, 15) is 9.59 Å². The summed E-state index contributed by atoms with van der Waals surface area (Å²) in [7, 11) is 1.60. The van der Waals surface area contributed by atoms with E-state index in [2.05, 4.69) is 10.6 Å². The van der Waals surface area contributed by atoms with Crippen LogP contribution in [0.15, 0.2) is 54.6 Å². The first-order valence-corrected chi connectivity index (χ1v) is 7.85. The number of hydrogen-bond acceptors (Lipinski definition) is 2. The van der Waals surface area contributed by atoms with Crippen molar-refractivity contribution in [2.75, 3.05) is 12.4 Å². The normalized spacial score (nSPS) is 15.3. The first-order chi connectivity index (χ1) is 11.2. The average Bonchev–Trinajstić information content (AvgIpc) is 2.55. The summed E-state index contributed by atoms with van der Waals surface area (Å²) < 4.78 is 0. The number of carbonyl (C=O) groups excluding carboxylic acids is 2. The fourth-order valence-corrected chi connectivity index (χ4v) is 3.03. The molecule has 0 aliphatic heterocycles. The van der Waals surface area contributed by atoms with Gasteiger partial charge in [0, 0.05) is 18.3 Å². The molecule has 23 heavy (non-hydrogen) atoms. The zero-order valence-electron chi connectivity index (χ0n) is 13.1. The van der Waals surface area contributed by atoms with Crippen molar-refractivity contribution in [2.45, 2.75) is 24.7 Å². The molecular weight excluding hydrogens is 288 g/mol. The highest BCUT2D eigenvalue weighted by molar-refractivity contribution is 6.00. The molecule has 0 heterocycles. The molecule has 1 aliphatic rings. The largest absolute Gasteiger partial charge is 0.355 e. The highest BCUT2D eigenvalue weighted by Crippen LogP contribution is 2.44. The molecular formula is C19H20N2O2. The van der Waals surface area contributed by atoms with Gasteiger partial charge in [-0.05, 0) is 42.7 Å². The van der Waals surface area contributed by atoms with Gasteiger partial charge in [0.2, 0.25) is 5.91 Å². The van der Waals surface area contributed by atoms with Gasteiger partial charge < -0.3 is 10.6 Å². The number of anilines is 1. The molecule has 2 aromatic rings. The molecule has 0 atom stereocenters. The standard InChI is InChI=1S/C19H20N2O2/c1-20-17(22)14-8-10-16(11-9-14)21-18(23)19(12-5-13-19)15-6-3-2-4-7-15/h2-4,6-11H,5,12-13H2,1H3,(H,20,22)(H,21,23). The van der Waals surface area contributed by atoms with Crippen molar-refractivity contribution in [1.29, 1.82) is 0 Å². The van der Waals surface area contributed by atoms with Crippen LogP contribution in [0.25, 0.3) is 0 Å². The second-order valence-corrected chi connectivity index (χ2v) is 5.91. The fourth-order valence-electron chi connectivity index (χ4n) is 3.03. The Hall–Kier alpha value is -2.62. The Balaban J connectivity index is 1.77. The lowest BCUT2D eigenvalue weighted by Gasteiger charge is -2.40. The molecule has 4 heteroatoms. The van der Waals surface area contributed by atoms with Crippen molar-refractivity contribution < 1.29 is 9.59 Å². The summed E-state index contributed by atoms with van der Waals surface area (Å²) >= 11 is 0. The maximum atomic E-state index is 12.8. The van der Waals surface area contributed by atoms with Gasteiger partial charge in [-0.25, -0.2) is 0 Å². The SMILES string of the molecule is CNC(=O)c1ccc(NC(=O)C2(c3ccccc3)CCC2)cc1. The Kier molecular flexibility index (Phi) is 4.15. The zero-order valence-corrected chi connectivity index (χ0v) is 13.1. The third-order valence-corrected chi connectivity index (χ3v) is 4.60. The molecule has 4 nitrogen and oxygen atoms in total. The third-order valence-electron chi connectivity index (χ3n) is 4.60. The molecule has 0 spiro atoms. The molecule has 0 saturated heterocycles. The third kappa shape index (κ3) is 2.84. The smallest absolute Gasteiger partial charge is 0.251 e. The highest BCUT2D eigenvalue weighted by Gasteiger charge is 2.45. The Labute approximate surface area is 135 Å². The minimum atomic E-state index is -0.416. The van der Waals surface area contributed by atoms with E-state index in [0.29, 0.717) is 11.3 Å². The molecule has 3 rings (SSSR count). The first-order valence-electron chi connectivity index (χ1n) is 7.85. The topological polar surface area (TPSA) is 58.2 Å². The fraction of sp³-hybridized carbons (Fsp3) is 0.263. The minimum Gasteiger partial charge on any atom is -0.355 e. The molecule has 0 unspecified atom stereocenters. The molecule has 2 aromatic carbocycles. The number of hydrogen-bond donors (Lipinski definition) is 2. The summed E-state index contributed by atoms with van der Waals surface area (Å²) in [5, 5.41) is 5.58. The second-order valence-electron chi connectivity index (χ2n) is 5.91. The van der Waals surface area contributed by atoms with Gasteiger partial charge in [0.05, 0.1) is 5.41 Å². The van der Waals surface area contributed by atoms with E-state index in [1.807, 2.05) is 30.3 Å². The Morgan fingerprint density at radius 2 is 1.61 bits per heavy atom. The second kappa shape index (κ2) is 6.24. The monoisotopic (exact) mass is 308 g/mol. The van der Waals surface area contributed by atoms with E-state index in [4.69, 9.17) is 0 Å². The predicted molar refractivity (Wildman–Crippen MR) is 90.4 cm³/mol. The zero-order chi connectivity index (χ0) is 16.3. The molecule has 0 radical (unpaired) electrons. The van der Waals surface area contributed by atoms with Crippen LogP contribution in [-0.4, -0.2) is 18.9 Å². The lowest BCUT2D eigenvalue weighted by molar-refractivity contribution is -0.124. The van der Waals surface area contributed by atoms with E-state index >= 15 is 0 Å². The van der Waals surface area contributed by atoms with Crippen molar-refractivity contribution in [3.63, 3.8) is 0 Å². The molecule has 0 bridgehead atoms. The minimum absolute atomic E-state index is 0.0302. The lowest BCUT2D eigenvalue weighted by Crippen LogP contribution is -2.45. The van der Waals surface area contributed by atoms with Crippen molar-refractivity contribution in [3.05, 3.63) is 65.7 Å². The van der Waals surface area contributed by atoms with E-state index in [1.165, 1.54) is 0 Å². The maximum absolute atomic E-state index is 12.8. The molecule has 0 aromatic heterocycles. The molecule has 2 N–H and O–H groups in total. The van der Waals surface area contributed by atoms with Gasteiger partial charge in [-0.1, -0.05) is 36.8 Å². The molecule has 1 fully saturated rings.